The van der Waals surface area contributed by atoms with Crippen molar-refractivity contribution in [3.05, 3.63) is 0 Å². The summed E-state index contributed by atoms with van der Waals surface area (Å²) < 4.78 is 0. The Balaban J connectivity index is 1.80. The van der Waals surface area contributed by atoms with Gasteiger partial charge >= 0.3 is 5.97 Å². The molecule has 3 heteroatoms. The van der Waals surface area contributed by atoms with Crippen molar-refractivity contribution in [1.82, 2.24) is 0 Å². The Bertz CT molecular complexity index is 626. The molecule has 3 aliphatic carbocycles. The Hall–Kier alpha value is -0.860. The predicted octanol–water partition coefficient (Wildman–Crippen LogP) is 7.13. The summed E-state index contributed by atoms with van der Waals surface area (Å²) in [7, 11) is 0. The highest BCUT2D eigenvalue weighted by atomic mass is 16.4. The third-order valence-electron chi connectivity index (χ3n) is 9.85. The van der Waals surface area contributed by atoms with E-state index in [9.17, 15) is 14.7 Å². The first-order valence-electron chi connectivity index (χ1n) is 12.8. The van der Waals surface area contributed by atoms with Gasteiger partial charge in [0.2, 0.25) is 0 Å². The first-order chi connectivity index (χ1) is 14.1. The van der Waals surface area contributed by atoms with Gasteiger partial charge in [-0.15, -0.1) is 0 Å². The lowest BCUT2D eigenvalue weighted by Crippen LogP contribution is -2.51. The minimum atomic E-state index is -0.672. The zero-order valence-electron chi connectivity index (χ0n) is 20.2. The van der Waals surface area contributed by atoms with Crippen LogP contribution in [0.3, 0.4) is 0 Å². The van der Waals surface area contributed by atoms with Crippen LogP contribution in [0.15, 0.2) is 0 Å². The molecular weight excluding hydrogens is 372 g/mol. The molecule has 0 unspecified atom stereocenters. The van der Waals surface area contributed by atoms with Crippen LogP contribution in [0.2, 0.25) is 0 Å². The highest BCUT2D eigenvalue weighted by Gasteiger charge is 2.58. The number of Topliss-reactive ketones (excluding diaryl/α,β-unsaturated/α-hetero) is 1. The van der Waals surface area contributed by atoms with Crippen LogP contribution >= 0.6 is 0 Å². The number of aliphatic carboxylic acids is 1. The number of carbonyl (C=O) groups excluding carboxylic acids is 1. The Morgan fingerprint density at radius 3 is 2.40 bits per heavy atom. The molecule has 0 aromatic carbocycles. The quantitative estimate of drug-likeness (QED) is 0.456. The average molecular weight is 419 g/mol. The second kappa shape index (κ2) is 9.33. The van der Waals surface area contributed by atoms with Crippen LogP contribution in [-0.2, 0) is 9.59 Å². The van der Waals surface area contributed by atoms with E-state index in [1.165, 1.54) is 32.1 Å². The number of carboxylic acid groups (broad SMARTS) is 1. The summed E-state index contributed by atoms with van der Waals surface area (Å²) in [5, 5.41) is 9.79. The Morgan fingerprint density at radius 2 is 1.77 bits per heavy atom. The molecule has 0 aromatic rings. The second-order valence-electron chi connectivity index (χ2n) is 12.1. The summed E-state index contributed by atoms with van der Waals surface area (Å²) in [5.74, 6) is 2.83. The number of carbonyl (C=O) groups is 2. The molecule has 0 radical (unpaired) electrons. The molecule has 3 fully saturated rings. The van der Waals surface area contributed by atoms with Crippen molar-refractivity contribution in [2.75, 3.05) is 0 Å². The smallest absolute Gasteiger partial charge is 0.303 e. The second-order valence-corrected chi connectivity index (χ2v) is 12.1. The van der Waals surface area contributed by atoms with Crippen molar-refractivity contribution in [2.24, 2.45) is 46.3 Å². The van der Waals surface area contributed by atoms with Gasteiger partial charge in [-0.25, -0.2) is 0 Å². The van der Waals surface area contributed by atoms with Gasteiger partial charge in [-0.05, 0) is 79.4 Å². The predicted molar refractivity (Wildman–Crippen MR) is 122 cm³/mol. The monoisotopic (exact) mass is 418 g/mol. The van der Waals surface area contributed by atoms with E-state index in [1.54, 1.807) is 0 Å². The lowest BCUT2D eigenvalue weighted by atomic mass is 9.49. The van der Waals surface area contributed by atoms with Gasteiger partial charge in [-0.2, -0.15) is 0 Å². The van der Waals surface area contributed by atoms with E-state index >= 15 is 0 Å². The van der Waals surface area contributed by atoms with E-state index in [1.807, 2.05) is 0 Å². The van der Waals surface area contributed by atoms with Gasteiger partial charge in [0, 0.05) is 18.3 Å². The van der Waals surface area contributed by atoms with Gasteiger partial charge < -0.3 is 5.11 Å². The topological polar surface area (TPSA) is 54.4 Å². The maximum atomic E-state index is 13.0. The highest BCUT2D eigenvalue weighted by Crippen LogP contribution is 2.64. The number of rotatable bonds is 8. The van der Waals surface area contributed by atoms with E-state index in [2.05, 4.69) is 34.6 Å². The van der Waals surface area contributed by atoms with E-state index in [-0.39, 0.29) is 29.1 Å². The van der Waals surface area contributed by atoms with Crippen LogP contribution in [0.25, 0.3) is 0 Å². The van der Waals surface area contributed by atoms with E-state index in [0.29, 0.717) is 30.0 Å². The van der Waals surface area contributed by atoms with Crippen molar-refractivity contribution in [3.63, 3.8) is 0 Å². The molecule has 3 rings (SSSR count). The highest BCUT2D eigenvalue weighted by molar-refractivity contribution is 5.85. The van der Waals surface area contributed by atoms with Crippen molar-refractivity contribution in [3.8, 4) is 0 Å². The van der Waals surface area contributed by atoms with Crippen LogP contribution in [0.5, 0.6) is 0 Å². The SMILES string of the molecule is CC(C)CCC[C@@H](C)[C@H]1CC[C@H]2[C@H](CC(=O)O)[C@@H]([C@@]3(C)CCCCC3=O)CC[C@]12C. The van der Waals surface area contributed by atoms with Gasteiger partial charge in [-0.1, -0.05) is 60.3 Å². The molecule has 0 aromatic heterocycles. The van der Waals surface area contributed by atoms with Crippen molar-refractivity contribution in [1.29, 1.82) is 0 Å². The molecule has 7 atom stereocenters. The summed E-state index contributed by atoms with van der Waals surface area (Å²) >= 11 is 0. The molecule has 0 aliphatic heterocycles. The first kappa shape index (κ1) is 23.8. The molecule has 30 heavy (non-hydrogen) atoms. The molecule has 1 N–H and O–H groups in total. The first-order valence-corrected chi connectivity index (χ1v) is 12.8. The van der Waals surface area contributed by atoms with Crippen molar-refractivity contribution >= 4 is 11.8 Å². The van der Waals surface area contributed by atoms with Crippen LogP contribution in [0.4, 0.5) is 0 Å². The largest absolute Gasteiger partial charge is 0.481 e. The zero-order valence-corrected chi connectivity index (χ0v) is 20.2. The Kier molecular flexibility index (Phi) is 7.40. The normalized spacial score (nSPS) is 40.4. The van der Waals surface area contributed by atoms with E-state index in [0.717, 1.165) is 38.0 Å². The van der Waals surface area contributed by atoms with Crippen LogP contribution in [0, 0.1) is 46.3 Å². The summed E-state index contributed by atoms with van der Waals surface area (Å²) in [6.45, 7) is 11.7. The third kappa shape index (κ3) is 4.51. The van der Waals surface area contributed by atoms with Crippen molar-refractivity contribution < 1.29 is 14.7 Å². The fourth-order valence-corrected chi connectivity index (χ4v) is 8.18. The molecule has 172 valence electrons. The molecular formula is C27H46O3. The van der Waals surface area contributed by atoms with E-state index < -0.39 is 5.97 Å². The number of carboxylic acids is 1. The summed E-state index contributed by atoms with van der Waals surface area (Å²) in [6, 6.07) is 0. The van der Waals surface area contributed by atoms with Gasteiger partial charge in [-0.3, -0.25) is 9.59 Å². The lowest BCUT2D eigenvalue weighted by Gasteiger charge is -2.54. The third-order valence-corrected chi connectivity index (χ3v) is 9.85. The molecule has 3 aliphatic rings. The molecule has 0 bridgehead atoms. The molecule has 3 nitrogen and oxygen atoms in total. The Labute approximate surface area is 184 Å². The van der Waals surface area contributed by atoms with Crippen LogP contribution < -0.4 is 0 Å². The van der Waals surface area contributed by atoms with Gasteiger partial charge in [0.15, 0.2) is 0 Å². The maximum Gasteiger partial charge on any atom is 0.303 e. The van der Waals surface area contributed by atoms with Crippen LogP contribution in [0.1, 0.15) is 112 Å². The molecule has 0 amide bonds. The number of ketones is 1. The summed E-state index contributed by atoms with van der Waals surface area (Å²) in [6.07, 6.45) is 12.6. The van der Waals surface area contributed by atoms with E-state index in [4.69, 9.17) is 0 Å². The number of hydrogen-bond acceptors (Lipinski definition) is 2. The molecule has 0 saturated heterocycles. The summed E-state index contributed by atoms with van der Waals surface area (Å²) in [4.78, 5) is 24.9. The standard InChI is InChI=1S/C27H46O3/c1-18(2)9-8-10-19(3)21-12-13-22-20(17-25(29)30)23(14-16-26(21,22)4)27(5)15-7-6-11-24(27)28/h18-23H,6-17H2,1-5H3,(H,29,30)/t19-,20+,21-,22+,23+,26-,27-/m1/s1. The van der Waals surface area contributed by atoms with Gasteiger partial charge in [0.1, 0.15) is 5.78 Å². The van der Waals surface area contributed by atoms with Gasteiger partial charge in [0.05, 0.1) is 0 Å². The molecule has 0 heterocycles. The van der Waals surface area contributed by atoms with Crippen LogP contribution in [-0.4, -0.2) is 16.9 Å². The minimum absolute atomic E-state index is 0.168. The number of fused-ring (bicyclic) bond motifs is 1. The molecule has 3 saturated carbocycles. The van der Waals surface area contributed by atoms with Gasteiger partial charge in [0.25, 0.3) is 0 Å². The molecule has 0 spiro atoms. The average Bonchev–Trinajstić information content (AvgIpc) is 3.01. The lowest BCUT2D eigenvalue weighted by molar-refractivity contribution is -0.149. The summed E-state index contributed by atoms with van der Waals surface area (Å²) in [5.41, 5.74) is -0.0391. The minimum Gasteiger partial charge on any atom is -0.481 e. The fourth-order valence-electron chi connectivity index (χ4n) is 8.18. The fraction of sp³-hybridized carbons (Fsp3) is 0.926. The zero-order chi connectivity index (χ0) is 22.1. The maximum absolute atomic E-state index is 13.0. The van der Waals surface area contributed by atoms with Crippen molar-refractivity contribution in [2.45, 2.75) is 112 Å². The Morgan fingerprint density at radius 1 is 1.03 bits per heavy atom. The number of hydrogen-bond donors (Lipinski definition) is 1.